The highest BCUT2D eigenvalue weighted by atomic mass is 19.1. The summed E-state index contributed by atoms with van der Waals surface area (Å²) in [5, 5.41) is 11.6. The fraction of sp³-hybridized carbons (Fsp3) is 0.310. The third kappa shape index (κ3) is 4.96. The van der Waals surface area contributed by atoms with Gasteiger partial charge in [0.25, 0.3) is 5.91 Å². The average Bonchev–Trinajstić information content (AvgIpc) is 3.40. The molecule has 1 amide bonds. The Bertz CT molecular complexity index is 1470. The zero-order valence-electron chi connectivity index (χ0n) is 21.6. The second kappa shape index (κ2) is 9.89. The zero-order valence-corrected chi connectivity index (χ0v) is 21.6. The van der Waals surface area contributed by atoms with Crippen molar-refractivity contribution in [3.8, 4) is 16.9 Å². The Morgan fingerprint density at radius 3 is 2.63 bits per heavy atom. The van der Waals surface area contributed by atoms with E-state index in [1.807, 2.05) is 49.6 Å². The van der Waals surface area contributed by atoms with E-state index in [0.717, 1.165) is 54.3 Å². The minimum atomic E-state index is -0.416. The van der Waals surface area contributed by atoms with E-state index < -0.39 is 5.82 Å². The third-order valence-corrected chi connectivity index (χ3v) is 7.32. The van der Waals surface area contributed by atoms with Crippen LogP contribution in [0, 0.1) is 12.7 Å². The molecule has 6 rings (SSSR count). The summed E-state index contributed by atoms with van der Waals surface area (Å²) in [5.41, 5.74) is 4.98. The molecule has 8 nitrogen and oxygen atoms in total. The lowest BCUT2D eigenvalue weighted by Crippen LogP contribution is -2.20. The highest BCUT2D eigenvalue weighted by Crippen LogP contribution is 2.30. The third-order valence-electron chi connectivity index (χ3n) is 7.32. The smallest absolute Gasteiger partial charge is 0.255 e. The van der Waals surface area contributed by atoms with E-state index in [2.05, 4.69) is 37.5 Å². The summed E-state index contributed by atoms with van der Waals surface area (Å²) in [4.78, 5) is 22.0. The van der Waals surface area contributed by atoms with Gasteiger partial charge in [-0.25, -0.2) is 14.1 Å². The van der Waals surface area contributed by atoms with Crippen LogP contribution in [-0.2, 0) is 0 Å². The van der Waals surface area contributed by atoms with Crippen LogP contribution >= 0.6 is 0 Å². The molecule has 1 N–H and O–H groups in total. The summed E-state index contributed by atoms with van der Waals surface area (Å²) in [7, 11) is 2.07. The SMILES string of the molecule is Cc1ccc(NC(=O)c2cc(F)cc(N3CCCC3)c2)cc1-n1cc(-c2ccc(N(C)C3CC3)nc2)nn1. The van der Waals surface area contributed by atoms with Crippen LogP contribution in [0.15, 0.2) is 60.9 Å². The maximum atomic E-state index is 14.3. The molecular weight excluding hydrogens is 481 g/mol. The van der Waals surface area contributed by atoms with Crippen LogP contribution in [0.3, 0.4) is 0 Å². The Hall–Kier alpha value is -4.27. The maximum Gasteiger partial charge on any atom is 0.255 e. The molecule has 2 aliphatic rings. The number of aryl methyl sites for hydroxylation is 1. The Morgan fingerprint density at radius 1 is 1.08 bits per heavy atom. The molecule has 194 valence electrons. The molecule has 0 radical (unpaired) electrons. The molecule has 4 aromatic rings. The predicted octanol–water partition coefficient (Wildman–Crippen LogP) is 5.23. The van der Waals surface area contributed by atoms with Crippen molar-refractivity contribution in [3.63, 3.8) is 0 Å². The summed E-state index contributed by atoms with van der Waals surface area (Å²) >= 11 is 0. The van der Waals surface area contributed by atoms with Gasteiger partial charge in [0.05, 0.1) is 11.9 Å². The number of aromatic nitrogens is 4. The lowest BCUT2D eigenvalue weighted by atomic mass is 10.1. The van der Waals surface area contributed by atoms with E-state index in [1.54, 1.807) is 10.7 Å². The number of carbonyl (C=O) groups excluding carboxylic acids is 1. The van der Waals surface area contributed by atoms with Crippen LogP contribution < -0.4 is 15.1 Å². The largest absolute Gasteiger partial charge is 0.371 e. The van der Waals surface area contributed by atoms with Gasteiger partial charge in [0.1, 0.15) is 17.3 Å². The molecule has 1 saturated heterocycles. The molecule has 2 aromatic carbocycles. The minimum Gasteiger partial charge on any atom is -0.371 e. The standard InChI is InChI=1S/C29H30FN7O/c1-19-5-7-23(32-29(38)21-13-22(30)15-25(14-21)36-11-3-4-12-36)16-27(19)37-18-26(33-34-37)20-6-10-28(31-17-20)35(2)24-8-9-24/h5-7,10,13-18,24H,3-4,8-9,11-12H2,1-2H3,(H,32,38). The number of anilines is 3. The number of rotatable bonds is 7. The Kier molecular flexibility index (Phi) is 6.27. The van der Waals surface area contributed by atoms with Crippen LogP contribution in [-0.4, -0.2) is 52.1 Å². The molecule has 2 fully saturated rings. The van der Waals surface area contributed by atoms with E-state index in [0.29, 0.717) is 23.0 Å². The fourth-order valence-corrected chi connectivity index (χ4v) is 4.91. The van der Waals surface area contributed by atoms with Crippen molar-refractivity contribution in [1.29, 1.82) is 0 Å². The lowest BCUT2D eigenvalue weighted by Gasteiger charge is -2.18. The first-order chi connectivity index (χ1) is 18.4. The van der Waals surface area contributed by atoms with Gasteiger partial charge in [-0.15, -0.1) is 5.10 Å². The van der Waals surface area contributed by atoms with Gasteiger partial charge in [-0.3, -0.25) is 4.79 Å². The van der Waals surface area contributed by atoms with Crippen LogP contribution in [0.25, 0.3) is 16.9 Å². The molecule has 9 heteroatoms. The van der Waals surface area contributed by atoms with E-state index in [9.17, 15) is 9.18 Å². The molecule has 3 heterocycles. The molecule has 0 bridgehead atoms. The highest BCUT2D eigenvalue weighted by Gasteiger charge is 2.27. The molecule has 0 unspecified atom stereocenters. The normalized spacial score (nSPS) is 15.1. The van der Waals surface area contributed by atoms with Crippen molar-refractivity contribution in [2.45, 2.75) is 38.6 Å². The van der Waals surface area contributed by atoms with Crippen LogP contribution in [0.2, 0.25) is 0 Å². The quantitative estimate of drug-likeness (QED) is 0.366. The van der Waals surface area contributed by atoms with Crippen LogP contribution in [0.4, 0.5) is 21.6 Å². The highest BCUT2D eigenvalue weighted by molar-refractivity contribution is 6.05. The number of carbonyl (C=O) groups is 1. The fourth-order valence-electron chi connectivity index (χ4n) is 4.91. The van der Waals surface area contributed by atoms with Gasteiger partial charge >= 0.3 is 0 Å². The summed E-state index contributed by atoms with van der Waals surface area (Å²) in [6.45, 7) is 3.73. The number of halogens is 1. The van der Waals surface area contributed by atoms with Crippen molar-refractivity contribution >= 4 is 23.1 Å². The van der Waals surface area contributed by atoms with Crippen LogP contribution in [0.1, 0.15) is 41.6 Å². The van der Waals surface area contributed by atoms with Gasteiger partial charge in [0, 0.05) is 54.9 Å². The number of nitrogens with one attached hydrogen (secondary N) is 1. The monoisotopic (exact) mass is 511 g/mol. The van der Waals surface area contributed by atoms with E-state index >= 15 is 0 Å². The van der Waals surface area contributed by atoms with E-state index in [1.165, 1.54) is 25.0 Å². The predicted molar refractivity (Wildman–Crippen MR) is 147 cm³/mol. The topological polar surface area (TPSA) is 79.2 Å². The van der Waals surface area contributed by atoms with E-state index in [-0.39, 0.29) is 5.91 Å². The number of pyridine rings is 1. The summed E-state index contributed by atoms with van der Waals surface area (Å²) in [6, 6.07) is 14.7. The van der Waals surface area contributed by atoms with Crippen LogP contribution in [0.5, 0.6) is 0 Å². The van der Waals surface area contributed by atoms with Gasteiger partial charge in [-0.05, 0) is 80.6 Å². The van der Waals surface area contributed by atoms with Gasteiger partial charge in [0.15, 0.2) is 0 Å². The lowest BCUT2D eigenvalue weighted by molar-refractivity contribution is 0.102. The molecule has 1 aliphatic heterocycles. The van der Waals surface area contributed by atoms with Gasteiger partial charge < -0.3 is 15.1 Å². The zero-order chi connectivity index (χ0) is 26.2. The molecule has 1 saturated carbocycles. The molecular formula is C29H30FN7O. The van der Waals surface area contributed by atoms with Crippen molar-refractivity contribution < 1.29 is 9.18 Å². The molecule has 0 atom stereocenters. The molecule has 1 aliphatic carbocycles. The number of hydrogen-bond acceptors (Lipinski definition) is 6. The number of amides is 1. The number of benzene rings is 2. The Labute approximate surface area is 221 Å². The summed E-state index contributed by atoms with van der Waals surface area (Å²) < 4.78 is 16.0. The number of nitrogens with zero attached hydrogens (tertiary/aromatic N) is 6. The van der Waals surface area contributed by atoms with Crippen molar-refractivity contribution in [2.75, 3.05) is 35.3 Å². The molecule has 38 heavy (non-hydrogen) atoms. The average molecular weight is 512 g/mol. The van der Waals surface area contributed by atoms with Crippen molar-refractivity contribution in [2.24, 2.45) is 0 Å². The first-order valence-electron chi connectivity index (χ1n) is 13.0. The van der Waals surface area contributed by atoms with Gasteiger partial charge in [-0.2, -0.15) is 0 Å². The second-order valence-electron chi connectivity index (χ2n) is 10.1. The first kappa shape index (κ1) is 24.1. The van der Waals surface area contributed by atoms with Crippen molar-refractivity contribution in [1.82, 2.24) is 20.0 Å². The van der Waals surface area contributed by atoms with E-state index in [4.69, 9.17) is 0 Å². The molecule has 0 spiro atoms. The molecule has 2 aromatic heterocycles. The van der Waals surface area contributed by atoms with Crippen molar-refractivity contribution in [3.05, 3.63) is 77.9 Å². The van der Waals surface area contributed by atoms with Gasteiger partial charge in [0.2, 0.25) is 0 Å². The first-order valence-corrected chi connectivity index (χ1v) is 13.0. The Morgan fingerprint density at radius 2 is 1.89 bits per heavy atom. The maximum absolute atomic E-state index is 14.3. The second-order valence-corrected chi connectivity index (χ2v) is 10.1. The summed E-state index contributed by atoms with van der Waals surface area (Å²) in [5.74, 6) is 0.177. The number of hydrogen-bond donors (Lipinski definition) is 1. The Balaban J connectivity index is 1.20. The summed E-state index contributed by atoms with van der Waals surface area (Å²) in [6.07, 6.45) is 8.26. The van der Waals surface area contributed by atoms with Gasteiger partial charge in [-0.1, -0.05) is 11.3 Å². The minimum absolute atomic E-state index is 0.292.